The van der Waals surface area contributed by atoms with Crippen LogP contribution in [0.3, 0.4) is 0 Å². The number of hydrogen-bond acceptors (Lipinski definition) is 4. The molecule has 2 atom stereocenters. The first kappa shape index (κ1) is 12.7. The highest BCUT2D eigenvalue weighted by Crippen LogP contribution is 2.37. The van der Waals surface area contributed by atoms with Gasteiger partial charge in [0.15, 0.2) is 6.04 Å². The summed E-state index contributed by atoms with van der Waals surface area (Å²) in [5.41, 5.74) is 7.95. The van der Waals surface area contributed by atoms with E-state index in [1.807, 2.05) is 25.1 Å². The van der Waals surface area contributed by atoms with E-state index in [0.717, 1.165) is 12.0 Å². The molecule has 2 unspecified atom stereocenters. The molecule has 3 rings (SSSR count). The molecule has 0 aliphatic carbocycles. The maximum atomic E-state index is 11.3. The number of hydrogen-bond donors (Lipinski definition) is 2. The maximum Gasteiger partial charge on any atom is 0.328 e. The molecule has 1 aromatic heterocycles. The number of aromatic nitrogens is 3. The number of rotatable bonds is 2. The van der Waals surface area contributed by atoms with Crippen LogP contribution in [-0.2, 0) is 4.79 Å². The highest BCUT2D eigenvalue weighted by molar-refractivity contribution is 5.72. The average molecular weight is 272 g/mol. The van der Waals surface area contributed by atoms with Crippen LogP contribution in [0.15, 0.2) is 24.3 Å². The molecule has 0 radical (unpaired) electrons. The first-order valence-electron chi connectivity index (χ1n) is 6.57. The third-order valence-corrected chi connectivity index (χ3v) is 3.74. The lowest BCUT2D eigenvalue weighted by molar-refractivity contribution is -0.141. The van der Waals surface area contributed by atoms with E-state index in [0.29, 0.717) is 12.2 Å². The number of nitrogens with zero attached hydrogens (tertiary/aromatic N) is 3. The van der Waals surface area contributed by atoms with Crippen LogP contribution in [0.25, 0.3) is 0 Å². The van der Waals surface area contributed by atoms with Crippen molar-refractivity contribution in [3.05, 3.63) is 41.2 Å². The number of benzene rings is 1. The molecule has 1 aromatic carbocycles. The number of nitrogens with two attached hydrogens (primary N) is 1. The van der Waals surface area contributed by atoms with Crippen molar-refractivity contribution in [3.8, 4) is 0 Å². The molecular weight excluding hydrogens is 256 g/mol. The van der Waals surface area contributed by atoms with Gasteiger partial charge in [0.2, 0.25) is 5.95 Å². The van der Waals surface area contributed by atoms with Crippen molar-refractivity contribution in [1.82, 2.24) is 14.8 Å². The normalized spacial score (nSPS) is 21.4. The van der Waals surface area contributed by atoms with Crippen LogP contribution in [0.2, 0.25) is 0 Å². The van der Waals surface area contributed by atoms with Gasteiger partial charge in [-0.2, -0.15) is 4.98 Å². The molecule has 2 aromatic rings. The predicted molar refractivity (Wildman–Crippen MR) is 73.4 cm³/mol. The standard InChI is InChI=1S/C14H16N4O2/c1-8-3-2-4-9(7-8)10-5-6-11(13(19)20)18-12(10)16-14(15)17-18/h2-4,7,10-11H,5-6H2,1H3,(H2,15,17)(H,19,20). The highest BCUT2D eigenvalue weighted by Gasteiger charge is 2.34. The number of nitrogen functional groups attached to an aromatic ring is 1. The summed E-state index contributed by atoms with van der Waals surface area (Å²) in [6.07, 6.45) is 1.27. The zero-order valence-electron chi connectivity index (χ0n) is 11.2. The van der Waals surface area contributed by atoms with Gasteiger partial charge in [-0.1, -0.05) is 29.8 Å². The lowest BCUT2D eigenvalue weighted by Gasteiger charge is -2.27. The smallest absolute Gasteiger partial charge is 0.328 e. The quantitative estimate of drug-likeness (QED) is 0.868. The van der Waals surface area contributed by atoms with Crippen molar-refractivity contribution < 1.29 is 9.90 Å². The van der Waals surface area contributed by atoms with Crippen molar-refractivity contribution in [2.45, 2.75) is 31.7 Å². The summed E-state index contributed by atoms with van der Waals surface area (Å²) in [4.78, 5) is 15.5. The fourth-order valence-electron chi connectivity index (χ4n) is 2.83. The maximum absolute atomic E-state index is 11.3. The number of aliphatic carboxylic acids is 1. The van der Waals surface area contributed by atoms with E-state index >= 15 is 0 Å². The molecule has 6 heteroatoms. The van der Waals surface area contributed by atoms with E-state index in [9.17, 15) is 9.90 Å². The van der Waals surface area contributed by atoms with Crippen molar-refractivity contribution >= 4 is 11.9 Å². The van der Waals surface area contributed by atoms with Gasteiger partial charge >= 0.3 is 5.97 Å². The summed E-state index contributed by atoms with van der Waals surface area (Å²) >= 11 is 0. The average Bonchev–Trinajstić information content (AvgIpc) is 2.78. The van der Waals surface area contributed by atoms with Gasteiger partial charge in [0, 0.05) is 5.92 Å². The van der Waals surface area contributed by atoms with Crippen molar-refractivity contribution in [2.75, 3.05) is 5.73 Å². The first-order valence-corrected chi connectivity index (χ1v) is 6.57. The molecular formula is C14H16N4O2. The van der Waals surface area contributed by atoms with Gasteiger partial charge in [0.05, 0.1) is 0 Å². The third-order valence-electron chi connectivity index (χ3n) is 3.74. The molecule has 6 nitrogen and oxygen atoms in total. The number of anilines is 1. The summed E-state index contributed by atoms with van der Waals surface area (Å²) in [5, 5.41) is 13.3. The van der Waals surface area contributed by atoms with Crippen LogP contribution >= 0.6 is 0 Å². The van der Waals surface area contributed by atoms with Crippen molar-refractivity contribution in [2.24, 2.45) is 0 Å². The van der Waals surface area contributed by atoms with Gasteiger partial charge in [0.1, 0.15) is 5.82 Å². The van der Waals surface area contributed by atoms with E-state index in [2.05, 4.69) is 16.1 Å². The van der Waals surface area contributed by atoms with Crippen LogP contribution in [0, 0.1) is 6.92 Å². The zero-order valence-corrected chi connectivity index (χ0v) is 11.2. The fourth-order valence-corrected chi connectivity index (χ4v) is 2.83. The monoisotopic (exact) mass is 272 g/mol. The summed E-state index contributed by atoms with van der Waals surface area (Å²) in [7, 11) is 0. The van der Waals surface area contributed by atoms with Crippen molar-refractivity contribution in [1.29, 1.82) is 0 Å². The Balaban J connectivity index is 2.07. The molecule has 3 N–H and O–H groups in total. The third kappa shape index (κ3) is 2.03. The number of carboxylic acids is 1. The second-order valence-corrected chi connectivity index (χ2v) is 5.17. The van der Waals surface area contributed by atoms with E-state index in [1.54, 1.807) is 0 Å². The Hall–Kier alpha value is -2.37. The van der Waals surface area contributed by atoms with Crippen LogP contribution < -0.4 is 5.73 Å². The summed E-state index contributed by atoms with van der Waals surface area (Å²) in [5.74, 6) is -0.0632. The van der Waals surface area contributed by atoms with Gasteiger partial charge in [-0.3, -0.25) is 0 Å². The summed E-state index contributed by atoms with van der Waals surface area (Å²) < 4.78 is 1.47. The largest absolute Gasteiger partial charge is 0.480 e. The second-order valence-electron chi connectivity index (χ2n) is 5.17. The molecule has 2 heterocycles. The van der Waals surface area contributed by atoms with Crippen LogP contribution in [0.1, 0.15) is 41.8 Å². The van der Waals surface area contributed by atoms with Gasteiger partial charge in [0.25, 0.3) is 0 Å². The van der Waals surface area contributed by atoms with Crippen LogP contribution in [0.5, 0.6) is 0 Å². The molecule has 0 spiro atoms. The Labute approximate surface area is 116 Å². The number of carboxylic acid groups (broad SMARTS) is 1. The zero-order chi connectivity index (χ0) is 14.3. The molecule has 0 amide bonds. The van der Waals surface area contributed by atoms with Crippen LogP contribution in [-0.4, -0.2) is 25.8 Å². The Morgan fingerprint density at radius 1 is 1.45 bits per heavy atom. The number of carbonyl (C=O) groups is 1. The van der Waals surface area contributed by atoms with Gasteiger partial charge in [-0.25, -0.2) is 9.48 Å². The molecule has 0 bridgehead atoms. The number of aryl methyl sites for hydroxylation is 1. The minimum Gasteiger partial charge on any atom is -0.480 e. The molecule has 0 fully saturated rings. The molecule has 104 valence electrons. The van der Waals surface area contributed by atoms with E-state index in [-0.39, 0.29) is 11.9 Å². The van der Waals surface area contributed by atoms with Crippen LogP contribution in [0.4, 0.5) is 5.95 Å². The van der Waals surface area contributed by atoms with Gasteiger partial charge < -0.3 is 10.8 Å². The topological polar surface area (TPSA) is 94.0 Å². The minimum atomic E-state index is -0.890. The van der Waals surface area contributed by atoms with E-state index < -0.39 is 12.0 Å². The van der Waals surface area contributed by atoms with Gasteiger partial charge in [-0.15, -0.1) is 5.10 Å². The molecule has 0 saturated carbocycles. The Morgan fingerprint density at radius 2 is 2.25 bits per heavy atom. The molecule has 1 aliphatic heterocycles. The lowest BCUT2D eigenvalue weighted by Crippen LogP contribution is -2.28. The Morgan fingerprint density at radius 3 is 2.95 bits per heavy atom. The molecule has 0 saturated heterocycles. The number of fused-ring (bicyclic) bond motifs is 1. The Bertz CT molecular complexity index is 665. The van der Waals surface area contributed by atoms with E-state index in [1.165, 1.54) is 10.2 Å². The highest BCUT2D eigenvalue weighted by atomic mass is 16.4. The minimum absolute atomic E-state index is 0.0512. The molecule has 20 heavy (non-hydrogen) atoms. The summed E-state index contributed by atoms with van der Waals surface area (Å²) in [6.45, 7) is 2.03. The predicted octanol–water partition coefficient (Wildman–Crippen LogP) is 1.72. The van der Waals surface area contributed by atoms with Crippen molar-refractivity contribution in [3.63, 3.8) is 0 Å². The van der Waals surface area contributed by atoms with E-state index in [4.69, 9.17) is 5.73 Å². The molecule has 1 aliphatic rings. The first-order chi connectivity index (χ1) is 9.56. The van der Waals surface area contributed by atoms with Gasteiger partial charge in [-0.05, 0) is 25.3 Å². The fraction of sp³-hybridized carbons (Fsp3) is 0.357. The SMILES string of the molecule is Cc1cccc(C2CCC(C(=O)O)n3nc(N)nc32)c1. The lowest BCUT2D eigenvalue weighted by atomic mass is 9.88. The second kappa shape index (κ2) is 4.63. The summed E-state index contributed by atoms with van der Waals surface area (Å²) in [6, 6.07) is 7.49. The Kier molecular flexibility index (Phi) is 2.93.